The van der Waals surface area contributed by atoms with Crippen LogP contribution in [0.1, 0.15) is 62.7 Å². The van der Waals surface area contributed by atoms with Crippen LogP contribution in [0.25, 0.3) is 0 Å². The molecule has 0 aromatic heterocycles. The number of unbranched alkanes of at least 4 members (excludes halogenated alkanes) is 2. The monoisotopic (exact) mass is 423 g/mol. The van der Waals surface area contributed by atoms with E-state index in [1.54, 1.807) is 0 Å². The molecule has 9 heteroatoms. The lowest BCUT2D eigenvalue weighted by Gasteiger charge is -2.21. The average Bonchev–Trinajstić information content (AvgIpc) is 2.63. The van der Waals surface area contributed by atoms with Crippen LogP contribution in [-0.4, -0.2) is 44.6 Å². The zero-order valence-electron chi connectivity index (χ0n) is 16.3. The molecule has 0 saturated heterocycles. The van der Waals surface area contributed by atoms with E-state index in [1.807, 2.05) is 13.8 Å². The molecular formula is C19H28F3NO4S. The Labute approximate surface area is 164 Å². The largest absolute Gasteiger partial charge is 0.462 e. The van der Waals surface area contributed by atoms with Crippen LogP contribution in [0.3, 0.4) is 0 Å². The molecular weight excluding hydrogens is 395 g/mol. The van der Waals surface area contributed by atoms with Crippen molar-refractivity contribution in [2.75, 3.05) is 19.7 Å². The minimum absolute atomic E-state index is 0.000370. The summed E-state index contributed by atoms with van der Waals surface area (Å²) in [5.41, 5.74) is 0.201. The van der Waals surface area contributed by atoms with Crippen molar-refractivity contribution in [2.45, 2.75) is 63.4 Å². The Balaban J connectivity index is 2.58. The molecule has 0 atom stereocenters. The smallest absolute Gasteiger partial charge is 0.389 e. The van der Waals surface area contributed by atoms with Gasteiger partial charge in [-0.3, -0.25) is 0 Å². The first kappa shape index (κ1) is 24.4. The van der Waals surface area contributed by atoms with Gasteiger partial charge in [-0.2, -0.15) is 17.5 Å². The first-order chi connectivity index (χ1) is 13.1. The number of hydrogen-bond acceptors (Lipinski definition) is 4. The van der Waals surface area contributed by atoms with Crippen molar-refractivity contribution in [3.8, 4) is 0 Å². The van der Waals surface area contributed by atoms with E-state index in [0.717, 1.165) is 0 Å². The summed E-state index contributed by atoms with van der Waals surface area (Å²) >= 11 is 0. The van der Waals surface area contributed by atoms with Crippen LogP contribution >= 0.6 is 0 Å². The van der Waals surface area contributed by atoms with Gasteiger partial charge in [-0.25, -0.2) is 13.2 Å². The number of hydrogen-bond donors (Lipinski definition) is 0. The van der Waals surface area contributed by atoms with Gasteiger partial charge in [-0.15, -0.1) is 0 Å². The number of carbonyl (C=O) groups is 1. The number of sulfonamides is 1. The lowest BCUT2D eigenvalue weighted by molar-refractivity contribution is -0.135. The third-order valence-corrected chi connectivity index (χ3v) is 5.92. The fourth-order valence-electron chi connectivity index (χ4n) is 2.62. The lowest BCUT2D eigenvalue weighted by atomic mass is 10.2. The van der Waals surface area contributed by atoms with E-state index in [0.29, 0.717) is 38.8 Å². The maximum atomic E-state index is 12.7. The molecule has 0 unspecified atom stereocenters. The molecule has 0 N–H and O–H groups in total. The summed E-state index contributed by atoms with van der Waals surface area (Å²) in [5.74, 6) is -0.626. The second-order valence-corrected chi connectivity index (χ2v) is 8.43. The minimum atomic E-state index is -4.16. The van der Waals surface area contributed by atoms with Gasteiger partial charge in [-0.05, 0) is 56.4 Å². The fourth-order valence-corrected chi connectivity index (χ4v) is 4.24. The van der Waals surface area contributed by atoms with Crippen molar-refractivity contribution in [3.63, 3.8) is 0 Å². The average molecular weight is 423 g/mol. The summed E-state index contributed by atoms with van der Waals surface area (Å²) in [6.45, 7) is 4.68. The molecule has 1 rings (SSSR count). The van der Waals surface area contributed by atoms with Crippen LogP contribution in [-0.2, 0) is 14.8 Å². The third kappa shape index (κ3) is 8.18. The quantitative estimate of drug-likeness (QED) is 0.359. The Morgan fingerprint density at radius 2 is 1.57 bits per heavy atom. The molecule has 0 saturated carbocycles. The van der Waals surface area contributed by atoms with Gasteiger partial charge >= 0.3 is 12.1 Å². The summed E-state index contributed by atoms with van der Waals surface area (Å²) in [7, 11) is -3.62. The zero-order valence-corrected chi connectivity index (χ0v) is 17.1. The normalized spacial score (nSPS) is 12.4. The number of carbonyl (C=O) groups excluding carboxylic acids is 1. The summed E-state index contributed by atoms with van der Waals surface area (Å²) in [5, 5.41) is 0. The number of alkyl halides is 3. The van der Waals surface area contributed by atoms with E-state index in [-0.39, 0.29) is 23.5 Å². The Morgan fingerprint density at radius 3 is 2.07 bits per heavy atom. The van der Waals surface area contributed by atoms with Gasteiger partial charge < -0.3 is 4.74 Å². The van der Waals surface area contributed by atoms with Crippen LogP contribution in [0.2, 0.25) is 0 Å². The van der Waals surface area contributed by atoms with Crippen LogP contribution in [0.5, 0.6) is 0 Å². The highest BCUT2D eigenvalue weighted by atomic mass is 32.2. The van der Waals surface area contributed by atoms with Crippen molar-refractivity contribution in [1.29, 1.82) is 0 Å². The van der Waals surface area contributed by atoms with Crippen molar-refractivity contribution in [1.82, 2.24) is 4.31 Å². The predicted octanol–water partition coefficient (Wildman–Crippen LogP) is 4.78. The highest BCUT2D eigenvalue weighted by Crippen LogP contribution is 2.22. The SMILES string of the molecule is CCCN(CCC)S(=O)(=O)c1ccc(C(=O)OCCCCCC(F)(F)F)cc1. The zero-order chi connectivity index (χ0) is 21.2. The fraction of sp³-hybridized carbons (Fsp3) is 0.632. The molecule has 0 amide bonds. The molecule has 0 heterocycles. The Bertz CT molecular complexity index is 697. The van der Waals surface area contributed by atoms with Crippen LogP contribution in [0, 0.1) is 0 Å². The second-order valence-electron chi connectivity index (χ2n) is 6.49. The summed E-state index contributed by atoms with van der Waals surface area (Å²) in [6.07, 6.45) is -2.95. The topological polar surface area (TPSA) is 63.7 Å². The molecule has 28 heavy (non-hydrogen) atoms. The summed E-state index contributed by atoms with van der Waals surface area (Å²) < 4.78 is 67.9. The number of halogens is 3. The first-order valence-corrected chi connectivity index (χ1v) is 10.9. The molecule has 0 aliphatic heterocycles. The molecule has 0 aliphatic rings. The lowest BCUT2D eigenvalue weighted by Crippen LogP contribution is -2.32. The Morgan fingerprint density at radius 1 is 1.00 bits per heavy atom. The molecule has 0 fully saturated rings. The Hall–Kier alpha value is -1.61. The number of nitrogens with zero attached hydrogens (tertiary/aromatic N) is 1. The molecule has 5 nitrogen and oxygen atoms in total. The molecule has 1 aromatic rings. The third-order valence-electron chi connectivity index (χ3n) is 4.01. The summed E-state index contributed by atoms with van der Waals surface area (Å²) in [6, 6.07) is 5.50. The molecule has 1 aromatic carbocycles. The van der Waals surface area contributed by atoms with Crippen LogP contribution in [0.15, 0.2) is 29.2 Å². The van der Waals surface area contributed by atoms with Gasteiger partial charge in [0, 0.05) is 19.5 Å². The molecule has 0 radical (unpaired) electrons. The van der Waals surface area contributed by atoms with Gasteiger partial charge in [0.25, 0.3) is 0 Å². The first-order valence-electron chi connectivity index (χ1n) is 9.46. The maximum absolute atomic E-state index is 12.7. The molecule has 0 aliphatic carbocycles. The van der Waals surface area contributed by atoms with Gasteiger partial charge in [0.15, 0.2) is 0 Å². The van der Waals surface area contributed by atoms with Gasteiger partial charge in [0.2, 0.25) is 10.0 Å². The standard InChI is InChI=1S/C19H28F3NO4S/c1-3-13-23(14-4-2)28(25,26)17-10-8-16(9-11-17)18(24)27-15-7-5-6-12-19(20,21)22/h8-11H,3-7,12-15H2,1-2H3. The summed E-state index contributed by atoms with van der Waals surface area (Å²) in [4.78, 5) is 12.1. The second kappa shape index (κ2) is 11.4. The number of ether oxygens (including phenoxy) is 1. The van der Waals surface area contributed by atoms with Gasteiger partial charge in [0.1, 0.15) is 0 Å². The highest BCUT2D eigenvalue weighted by Gasteiger charge is 2.26. The Kier molecular flexibility index (Phi) is 9.95. The predicted molar refractivity (Wildman–Crippen MR) is 101 cm³/mol. The van der Waals surface area contributed by atoms with E-state index in [9.17, 15) is 26.4 Å². The molecule has 0 bridgehead atoms. The van der Waals surface area contributed by atoms with Crippen molar-refractivity contribution < 1.29 is 31.1 Å². The number of rotatable bonds is 12. The van der Waals surface area contributed by atoms with E-state index >= 15 is 0 Å². The van der Waals surface area contributed by atoms with Crippen molar-refractivity contribution in [2.24, 2.45) is 0 Å². The maximum Gasteiger partial charge on any atom is 0.389 e. The highest BCUT2D eigenvalue weighted by molar-refractivity contribution is 7.89. The molecule has 160 valence electrons. The van der Waals surface area contributed by atoms with E-state index in [1.165, 1.54) is 28.6 Å². The number of esters is 1. The van der Waals surface area contributed by atoms with Crippen molar-refractivity contribution >= 4 is 16.0 Å². The van der Waals surface area contributed by atoms with Gasteiger partial charge in [-0.1, -0.05) is 13.8 Å². The molecule has 0 spiro atoms. The minimum Gasteiger partial charge on any atom is -0.462 e. The van der Waals surface area contributed by atoms with Crippen LogP contribution in [0.4, 0.5) is 13.2 Å². The number of benzene rings is 1. The van der Waals surface area contributed by atoms with Gasteiger partial charge in [0.05, 0.1) is 17.1 Å². The van der Waals surface area contributed by atoms with E-state index in [2.05, 4.69) is 0 Å². The van der Waals surface area contributed by atoms with Crippen LogP contribution < -0.4 is 0 Å². The van der Waals surface area contributed by atoms with E-state index < -0.39 is 28.6 Å². The van der Waals surface area contributed by atoms with E-state index in [4.69, 9.17) is 4.74 Å². The van der Waals surface area contributed by atoms with Crippen molar-refractivity contribution in [3.05, 3.63) is 29.8 Å².